The standard InChI is InChI=1S/C22H19F3N4O5S/c1-35(32,33)19-9-13(11-26)5-6-18(19)34-21(31)28-12-15-16(3-2-4-17(15)30)29-14-7-8-27-20(10-14)22(23,24)25/h5-10H,2-4,12H2,1H3,(H,27,29)(H,28,31). The second-order valence-corrected chi connectivity index (χ2v) is 9.56. The minimum Gasteiger partial charge on any atom is -0.409 e. The van der Waals surface area contributed by atoms with Gasteiger partial charge in [0.15, 0.2) is 21.4 Å². The van der Waals surface area contributed by atoms with Crippen molar-refractivity contribution in [1.29, 1.82) is 5.26 Å². The molecule has 1 amide bonds. The summed E-state index contributed by atoms with van der Waals surface area (Å²) in [6.45, 7) is -0.304. The Hall–Kier alpha value is -3.92. The molecule has 35 heavy (non-hydrogen) atoms. The largest absolute Gasteiger partial charge is 0.433 e. The molecule has 3 rings (SSSR count). The number of carbonyl (C=O) groups is 2. The zero-order chi connectivity index (χ0) is 25.8. The maximum absolute atomic E-state index is 12.9. The highest BCUT2D eigenvalue weighted by Crippen LogP contribution is 2.30. The molecule has 1 aliphatic rings. The van der Waals surface area contributed by atoms with Crippen molar-refractivity contribution in [3.05, 3.63) is 59.1 Å². The van der Waals surface area contributed by atoms with Gasteiger partial charge in [0.1, 0.15) is 10.6 Å². The highest BCUT2D eigenvalue weighted by molar-refractivity contribution is 7.90. The molecule has 1 aromatic carbocycles. The Bertz CT molecular complexity index is 1350. The average Bonchev–Trinajstić information content (AvgIpc) is 2.78. The van der Waals surface area contributed by atoms with Gasteiger partial charge >= 0.3 is 12.3 Å². The number of aromatic nitrogens is 1. The molecule has 0 bridgehead atoms. The fourth-order valence-electron chi connectivity index (χ4n) is 3.32. The monoisotopic (exact) mass is 508 g/mol. The molecule has 2 aromatic rings. The van der Waals surface area contributed by atoms with Crippen molar-refractivity contribution in [3.63, 3.8) is 0 Å². The molecule has 0 unspecified atom stereocenters. The van der Waals surface area contributed by atoms with Crippen LogP contribution in [-0.4, -0.2) is 38.1 Å². The third-order valence-corrected chi connectivity index (χ3v) is 6.08. The number of hydrogen-bond acceptors (Lipinski definition) is 8. The van der Waals surface area contributed by atoms with Crippen LogP contribution in [-0.2, 0) is 20.8 Å². The number of allylic oxidation sites excluding steroid dienone is 1. The van der Waals surface area contributed by atoms with E-state index in [1.54, 1.807) is 6.07 Å². The summed E-state index contributed by atoms with van der Waals surface area (Å²) >= 11 is 0. The first-order valence-corrected chi connectivity index (χ1v) is 12.0. The lowest BCUT2D eigenvalue weighted by Crippen LogP contribution is -2.33. The van der Waals surface area contributed by atoms with Crippen LogP contribution in [0, 0.1) is 11.3 Å². The molecule has 2 N–H and O–H groups in total. The predicted octanol–water partition coefficient (Wildman–Crippen LogP) is 3.58. The fourth-order valence-corrected chi connectivity index (χ4v) is 4.14. The van der Waals surface area contributed by atoms with Crippen molar-refractivity contribution in [2.75, 3.05) is 18.1 Å². The second-order valence-electron chi connectivity index (χ2n) is 7.57. The number of alkyl halides is 3. The molecule has 1 aliphatic carbocycles. The number of rotatable bonds is 6. The SMILES string of the molecule is CS(=O)(=O)c1cc(C#N)ccc1OC(=O)NCC1=C(Nc2ccnc(C(F)(F)F)c2)CCCC1=O. The van der Waals surface area contributed by atoms with Gasteiger partial charge in [-0.1, -0.05) is 0 Å². The zero-order valence-corrected chi connectivity index (χ0v) is 19.1. The number of ketones is 1. The number of ether oxygens (including phenoxy) is 1. The van der Waals surface area contributed by atoms with E-state index in [0.717, 1.165) is 30.7 Å². The molecule has 0 spiro atoms. The minimum atomic E-state index is -4.64. The Morgan fingerprint density at radius 1 is 1.23 bits per heavy atom. The van der Waals surface area contributed by atoms with Crippen molar-refractivity contribution in [2.45, 2.75) is 30.3 Å². The predicted molar refractivity (Wildman–Crippen MR) is 117 cm³/mol. The van der Waals surface area contributed by atoms with Gasteiger partial charge in [-0.3, -0.25) is 9.78 Å². The number of nitrogens with one attached hydrogen (secondary N) is 2. The van der Waals surface area contributed by atoms with E-state index in [4.69, 9.17) is 10.00 Å². The number of hydrogen-bond donors (Lipinski definition) is 2. The Kier molecular flexibility index (Phi) is 7.45. The molecule has 0 saturated heterocycles. The number of amides is 1. The van der Waals surface area contributed by atoms with Gasteiger partial charge in [0, 0.05) is 35.8 Å². The van der Waals surface area contributed by atoms with Crippen LogP contribution < -0.4 is 15.4 Å². The Labute approximate surface area is 198 Å². The Morgan fingerprint density at radius 3 is 2.63 bits per heavy atom. The van der Waals surface area contributed by atoms with Crippen LogP contribution in [0.2, 0.25) is 0 Å². The molecule has 0 atom stereocenters. The van der Waals surface area contributed by atoms with Crippen molar-refractivity contribution in [2.24, 2.45) is 0 Å². The van der Waals surface area contributed by atoms with Crippen LogP contribution in [0.15, 0.2) is 52.7 Å². The van der Waals surface area contributed by atoms with E-state index in [0.29, 0.717) is 18.5 Å². The fraction of sp³-hybridized carbons (Fsp3) is 0.273. The van der Waals surface area contributed by atoms with Gasteiger partial charge in [0.2, 0.25) is 0 Å². The van der Waals surface area contributed by atoms with Gasteiger partial charge in [0.05, 0.1) is 18.2 Å². The zero-order valence-electron chi connectivity index (χ0n) is 18.3. The maximum Gasteiger partial charge on any atom is 0.433 e. The lowest BCUT2D eigenvalue weighted by atomic mass is 9.94. The van der Waals surface area contributed by atoms with E-state index >= 15 is 0 Å². The molecular weight excluding hydrogens is 489 g/mol. The number of pyridine rings is 1. The summed E-state index contributed by atoms with van der Waals surface area (Å²) < 4.78 is 67.9. The van der Waals surface area contributed by atoms with Crippen LogP contribution in [0.5, 0.6) is 5.75 Å². The summed E-state index contributed by atoms with van der Waals surface area (Å²) in [5.74, 6) is -0.609. The van der Waals surface area contributed by atoms with Gasteiger partial charge in [-0.15, -0.1) is 0 Å². The van der Waals surface area contributed by atoms with Crippen LogP contribution in [0.1, 0.15) is 30.5 Å². The van der Waals surface area contributed by atoms with Gasteiger partial charge < -0.3 is 15.4 Å². The van der Waals surface area contributed by atoms with E-state index in [9.17, 15) is 31.2 Å². The highest BCUT2D eigenvalue weighted by Gasteiger charge is 2.32. The van der Waals surface area contributed by atoms with E-state index < -0.39 is 27.8 Å². The lowest BCUT2D eigenvalue weighted by Gasteiger charge is -2.21. The van der Waals surface area contributed by atoms with E-state index in [2.05, 4.69) is 15.6 Å². The van der Waals surface area contributed by atoms with Crippen molar-refractivity contribution in [1.82, 2.24) is 10.3 Å². The molecule has 0 radical (unpaired) electrons. The number of sulfone groups is 1. The Balaban J connectivity index is 1.78. The van der Waals surface area contributed by atoms with Crippen LogP contribution in [0.4, 0.5) is 23.7 Å². The summed E-state index contributed by atoms with van der Waals surface area (Å²) in [5, 5.41) is 14.1. The summed E-state index contributed by atoms with van der Waals surface area (Å²) in [4.78, 5) is 27.7. The molecule has 13 heteroatoms. The van der Waals surface area contributed by atoms with Crippen molar-refractivity contribution in [3.8, 4) is 11.8 Å². The average molecular weight is 508 g/mol. The number of benzene rings is 1. The quantitative estimate of drug-likeness (QED) is 0.604. The lowest BCUT2D eigenvalue weighted by molar-refractivity contribution is -0.141. The van der Waals surface area contributed by atoms with Crippen molar-refractivity contribution < 1.29 is 35.9 Å². The number of Topliss-reactive ketones (excluding diaryl/α,β-unsaturated/α-hetero) is 1. The first kappa shape index (κ1) is 25.7. The topological polar surface area (TPSA) is 138 Å². The Morgan fingerprint density at radius 2 is 1.97 bits per heavy atom. The number of anilines is 1. The van der Waals surface area contributed by atoms with Crippen LogP contribution in [0.25, 0.3) is 0 Å². The molecule has 9 nitrogen and oxygen atoms in total. The van der Waals surface area contributed by atoms with Gasteiger partial charge in [-0.25, -0.2) is 13.2 Å². The first-order chi connectivity index (χ1) is 16.4. The molecule has 0 aliphatic heterocycles. The first-order valence-electron chi connectivity index (χ1n) is 10.1. The summed E-state index contributed by atoms with van der Waals surface area (Å²) in [7, 11) is -3.83. The second kappa shape index (κ2) is 10.1. The number of halogens is 3. The van der Waals surface area contributed by atoms with E-state index in [1.165, 1.54) is 12.1 Å². The molecule has 0 fully saturated rings. The molecule has 1 heterocycles. The maximum atomic E-state index is 12.9. The summed E-state index contributed by atoms with van der Waals surface area (Å²) in [5.41, 5.74) is -0.473. The number of nitrogens with zero attached hydrogens (tertiary/aromatic N) is 2. The van der Waals surface area contributed by atoms with E-state index in [-0.39, 0.29) is 46.2 Å². The molecule has 0 saturated carbocycles. The van der Waals surface area contributed by atoms with Gasteiger partial charge in [0.25, 0.3) is 0 Å². The van der Waals surface area contributed by atoms with Gasteiger partial charge in [-0.2, -0.15) is 18.4 Å². The van der Waals surface area contributed by atoms with Crippen LogP contribution in [0.3, 0.4) is 0 Å². The summed E-state index contributed by atoms with van der Waals surface area (Å²) in [6, 6.07) is 7.42. The highest BCUT2D eigenvalue weighted by atomic mass is 32.2. The third-order valence-electron chi connectivity index (χ3n) is 4.96. The van der Waals surface area contributed by atoms with E-state index in [1.807, 2.05) is 0 Å². The summed E-state index contributed by atoms with van der Waals surface area (Å²) in [6.07, 6.45) is -2.81. The third kappa shape index (κ3) is 6.57. The number of nitriles is 1. The van der Waals surface area contributed by atoms with Gasteiger partial charge in [-0.05, 0) is 43.2 Å². The molecule has 184 valence electrons. The minimum absolute atomic E-state index is 0.0525. The molecular formula is C22H19F3N4O5S. The smallest absolute Gasteiger partial charge is 0.409 e. The van der Waals surface area contributed by atoms with Crippen LogP contribution >= 0.6 is 0 Å². The number of carbonyl (C=O) groups excluding carboxylic acids is 2. The normalized spacial score (nSPS) is 14.3. The molecule has 1 aromatic heterocycles. The van der Waals surface area contributed by atoms with Crippen molar-refractivity contribution >= 4 is 27.4 Å².